The first-order valence-corrected chi connectivity index (χ1v) is 5.29. The van der Waals surface area contributed by atoms with Crippen LogP contribution in [0.15, 0.2) is 30.3 Å². The molecule has 0 spiro atoms. The summed E-state index contributed by atoms with van der Waals surface area (Å²) in [6.45, 7) is 4.85. The number of benzene rings is 1. The second kappa shape index (κ2) is 4.64. The monoisotopic (exact) mass is 208 g/mol. The van der Waals surface area contributed by atoms with Crippen LogP contribution in [0.25, 0.3) is 0 Å². The average Bonchev–Trinajstić information content (AvgIpc) is 2.19. The Labute approximate surface area is 91.8 Å². The summed E-state index contributed by atoms with van der Waals surface area (Å²) in [4.78, 5) is 2.48. The lowest BCUT2D eigenvalue weighted by Gasteiger charge is -2.40. The van der Waals surface area contributed by atoms with Crippen molar-refractivity contribution in [3.63, 3.8) is 0 Å². The molecule has 1 heterocycles. The third kappa shape index (κ3) is 2.94. The molecule has 1 N–H and O–H groups in total. The molecule has 3 nitrogen and oxygen atoms in total. The fourth-order valence-corrected chi connectivity index (χ4v) is 1.90. The molecule has 0 radical (unpaired) electrons. The van der Waals surface area contributed by atoms with E-state index < -0.39 is 0 Å². The number of nitrogens with zero attached hydrogens (tertiary/aromatic N) is 2. The average molecular weight is 208 g/mol. The number of piperazine rings is 1. The van der Waals surface area contributed by atoms with Crippen molar-refractivity contribution in [1.82, 2.24) is 0 Å². The van der Waals surface area contributed by atoms with Crippen LogP contribution in [0.3, 0.4) is 0 Å². The van der Waals surface area contributed by atoms with Crippen molar-refractivity contribution in [1.29, 1.82) is 0 Å². The van der Waals surface area contributed by atoms with Crippen LogP contribution >= 0.6 is 0 Å². The van der Waals surface area contributed by atoms with E-state index in [9.17, 15) is 0 Å². The number of rotatable bonds is 1. The molecule has 1 aromatic carbocycles. The quantitative estimate of drug-likeness (QED) is 0.654. The van der Waals surface area contributed by atoms with Gasteiger partial charge < -0.3 is 14.9 Å². The van der Waals surface area contributed by atoms with Crippen molar-refractivity contribution >= 4 is 5.69 Å². The normalized spacial score (nSPS) is 19.5. The molecule has 1 saturated heterocycles. The van der Waals surface area contributed by atoms with E-state index in [-0.39, 0.29) is 5.48 Å². The lowest BCUT2D eigenvalue weighted by molar-refractivity contribution is -0.890. The molecule has 1 aromatic rings. The largest absolute Gasteiger partial charge is 0.870 e. The third-order valence-corrected chi connectivity index (χ3v) is 3.07. The molecule has 3 heteroatoms. The Morgan fingerprint density at radius 2 is 1.53 bits per heavy atom. The minimum Gasteiger partial charge on any atom is -0.870 e. The summed E-state index contributed by atoms with van der Waals surface area (Å²) >= 11 is 0. The van der Waals surface area contributed by atoms with Gasteiger partial charge in [-0.2, -0.15) is 0 Å². The van der Waals surface area contributed by atoms with Crippen molar-refractivity contribution in [2.75, 3.05) is 45.2 Å². The van der Waals surface area contributed by atoms with Crippen molar-refractivity contribution in [2.45, 2.75) is 0 Å². The topological polar surface area (TPSA) is 33.2 Å². The highest BCUT2D eigenvalue weighted by Crippen LogP contribution is 2.16. The molecule has 0 bridgehead atoms. The van der Waals surface area contributed by atoms with Crippen molar-refractivity contribution in [2.24, 2.45) is 0 Å². The fraction of sp³-hybridized carbons (Fsp3) is 0.500. The third-order valence-electron chi connectivity index (χ3n) is 3.07. The van der Waals surface area contributed by atoms with Gasteiger partial charge in [-0.05, 0) is 12.1 Å². The summed E-state index contributed by atoms with van der Waals surface area (Å²) < 4.78 is 1.16. The Morgan fingerprint density at radius 1 is 1.00 bits per heavy atom. The van der Waals surface area contributed by atoms with Crippen LogP contribution in [0.1, 0.15) is 0 Å². The molecular formula is C12H20N2O. The minimum absolute atomic E-state index is 0. The number of hydrogen-bond donors (Lipinski definition) is 0. The number of quaternary nitrogens is 1. The van der Waals surface area contributed by atoms with Gasteiger partial charge >= 0.3 is 0 Å². The molecule has 1 aliphatic heterocycles. The van der Waals surface area contributed by atoms with Gasteiger partial charge in [-0.15, -0.1) is 0 Å². The fourth-order valence-electron chi connectivity index (χ4n) is 1.90. The Balaban J connectivity index is 0.00000112. The molecule has 15 heavy (non-hydrogen) atoms. The van der Waals surface area contributed by atoms with Gasteiger partial charge in [0.05, 0.1) is 40.3 Å². The van der Waals surface area contributed by atoms with E-state index >= 15 is 0 Å². The highest BCUT2D eigenvalue weighted by Gasteiger charge is 2.23. The van der Waals surface area contributed by atoms with Gasteiger partial charge in [-0.3, -0.25) is 0 Å². The highest BCUT2D eigenvalue weighted by molar-refractivity contribution is 5.46. The van der Waals surface area contributed by atoms with Crippen molar-refractivity contribution in [3.8, 4) is 0 Å². The standard InChI is InChI=1S/C12H19N2.H2O/c1-14(2)10-8-13(9-11-14)12-6-4-3-5-7-12;/h3-7H,8-11H2,1-2H3;1H2/q+1;/p-1. The molecule has 2 rings (SSSR count). The zero-order valence-corrected chi connectivity index (χ0v) is 9.56. The van der Waals surface area contributed by atoms with E-state index in [2.05, 4.69) is 49.3 Å². The lowest BCUT2D eigenvalue weighted by Crippen LogP contribution is -2.54. The van der Waals surface area contributed by atoms with Gasteiger partial charge in [-0.1, -0.05) is 18.2 Å². The molecule has 0 aliphatic carbocycles. The maximum absolute atomic E-state index is 2.48. The molecular weight excluding hydrogens is 188 g/mol. The van der Waals surface area contributed by atoms with Gasteiger partial charge in [0, 0.05) is 5.69 Å². The smallest absolute Gasteiger partial charge is 0.0961 e. The first kappa shape index (κ1) is 12.0. The Bertz CT molecular complexity index is 288. The number of para-hydroxylation sites is 1. The SMILES string of the molecule is C[N+]1(C)CCN(c2ccccc2)CC1.[OH-]. The van der Waals surface area contributed by atoms with Crippen LogP contribution < -0.4 is 4.90 Å². The van der Waals surface area contributed by atoms with Crippen LogP contribution in [-0.4, -0.2) is 50.2 Å². The van der Waals surface area contributed by atoms with Crippen molar-refractivity contribution in [3.05, 3.63) is 30.3 Å². The first-order valence-electron chi connectivity index (χ1n) is 5.29. The second-order valence-electron chi connectivity index (χ2n) is 4.71. The second-order valence-corrected chi connectivity index (χ2v) is 4.71. The van der Waals surface area contributed by atoms with E-state index in [1.54, 1.807) is 0 Å². The predicted molar refractivity (Wildman–Crippen MR) is 62.4 cm³/mol. The summed E-state index contributed by atoms with van der Waals surface area (Å²) in [6.07, 6.45) is 0. The summed E-state index contributed by atoms with van der Waals surface area (Å²) in [5.74, 6) is 0. The maximum Gasteiger partial charge on any atom is 0.0961 e. The molecule has 1 aliphatic rings. The van der Waals surface area contributed by atoms with Gasteiger partial charge in [0.2, 0.25) is 0 Å². The maximum atomic E-state index is 2.48. The van der Waals surface area contributed by atoms with Gasteiger partial charge in [0.25, 0.3) is 0 Å². The summed E-state index contributed by atoms with van der Waals surface area (Å²) in [7, 11) is 4.62. The molecule has 0 atom stereocenters. The first-order chi connectivity index (χ1) is 6.67. The van der Waals surface area contributed by atoms with Gasteiger partial charge in [0.1, 0.15) is 0 Å². The molecule has 0 amide bonds. The highest BCUT2D eigenvalue weighted by atomic mass is 16.0. The van der Waals surface area contributed by atoms with Crippen molar-refractivity contribution < 1.29 is 9.96 Å². The Kier molecular flexibility index (Phi) is 3.72. The van der Waals surface area contributed by atoms with E-state index in [1.165, 1.54) is 31.9 Å². The molecule has 84 valence electrons. The van der Waals surface area contributed by atoms with E-state index in [0.717, 1.165) is 4.48 Å². The van der Waals surface area contributed by atoms with E-state index in [0.29, 0.717) is 0 Å². The molecule has 0 aromatic heterocycles. The van der Waals surface area contributed by atoms with Gasteiger partial charge in [0.15, 0.2) is 0 Å². The summed E-state index contributed by atoms with van der Waals surface area (Å²) in [5.41, 5.74) is 1.37. The number of likely N-dealkylation sites (N-methyl/N-ethyl adjacent to an activating group) is 1. The predicted octanol–water partition coefficient (Wildman–Crippen LogP) is 1.41. The van der Waals surface area contributed by atoms with Gasteiger partial charge in [-0.25, -0.2) is 0 Å². The molecule has 0 saturated carbocycles. The summed E-state index contributed by atoms with van der Waals surface area (Å²) in [5, 5.41) is 0. The van der Waals surface area contributed by atoms with Crippen LogP contribution in [0.2, 0.25) is 0 Å². The Morgan fingerprint density at radius 3 is 2.07 bits per heavy atom. The zero-order valence-electron chi connectivity index (χ0n) is 9.56. The van der Waals surface area contributed by atoms with E-state index in [4.69, 9.17) is 0 Å². The van der Waals surface area contributed by atoms with E-state index in [1.807, 2.05) is 0 Å². The van der Waals surface area contributed by atoms with Crippen LogP contribution in [0, 0.1) is 0 Å². The van der Waals surface area contributed by atoms with Crippen LogP contribution in [-0.2, 0) is 0 Å². The van der Waals surface area contributed by atoms with Crippen LogP contribution in [0.4, 0.5) is 5.69 Å². The zero-order chi connectivity index (χ0) is 10.0. The Hall–Kier alpha value is -1.06. The molecule has 0 unspecified atom stereocenters. The lowest BCUT2D eigenvalue weighted by atomic mass is 10.2. The van der Waals surface area contributed by atoms with Crippen LogP contribution in [0.5, 0.6) is 0 Å². The number of hydrogen-bond acceptors (Lipinski definition) is 2. The minimum atomic E-state index is 0. The molecule has 1 fully saturated rings. The number of anilines is 1. The summed E-state index contributed by atoms with van der Waals surface area (Å²) in [6, 6.07) is 10.7.